The maximum Gasteiger partial charge on any atom is 0.226 e. The van der Waals surface area contributed by atoms with Crippen LogP contribution in [0.25, 0.3) is 0 Å². The first-order valence-corrected chi connectivity index (χ1v) is 13.3. The number of hydrogen-bond acceptors (Lipinski definition) is 5. The SMILES string of the molecule is CCOCCNc1cc(Cl)nc(NCc2ccc(CCCCCCC3CCCCC3)cc2)n1. The number of halogens is 1. The Kier molecular flexibility index (Phi) is 11.8. The molecular weight excluding hydrogens is 432 g/mol. The molecule has 1 aromatic carbocycles. The molecular formula is C27H41ClN4O. The van der Waals surface area contributed by atoms with Crippen molar-refractivity contribution in [3.63, 3.8) is 0 Å². The van der Waals surface area contributed by atoms with Gasteiger partial charge >= 0.3 is 0 Å². The second-order valence-corrected chi connectivity index (χ2v) is 9.54. The topological polar surface area (TPSA) is 59.1 Å². The molecule has 1 aliphatic rings. The van der Waals surface area contributed by atoms with Crippen LogP contribution in [0.5, 0.6) is 0 Å². The quantitative estimate of drug-likeness (QED) is 0.211. The summed E-state index contributed by atoms with van der Waals surface area (Å²) >= 11 is 6.15. The predicted molar refractivity (Wildman–Crippen MR) is 139 cm³/mol. The number of anilines is 2. The lowest BCUT2D eigenvalue weighted by Gasteiger charge is -2.21. The third-order valence-electron chi connectivity index (χ3n) is 6.48. The van der Waals surface area contributed by atoms with Crippen LogP contribution in [-0.4, -0.2) is 29.7 Å². The van der Waals surface area contributed by atoms with Gasteiger partial charge in [-0.15, -0.1) is 0 Å². The van der Waals surface area contributed by atoms with Gasteiger partial charge in [0.05, 0.1) is 6.61 Å². The van der Waals surface area contributed by atoms with Gasteiger partial charge in [-0.2, -0.15) is 4.98 Å². The summed E-state index contributed by atoms with van der Waals surface area (Å²) in [4.78, 5) is 8.76. The minimum atomic E-state index is 0.417. The lowest BCUT2D eigenvalue weighted by atomic mass is 9.85. The van der Waals surface area contributed by atoms with Crippen LogP contribution in [0.1, 0.15) is 82.3 Å². The van der Waals surface area contributed by atoms with E-state index < -0.39 is 0 Å². The summed E-state index contributed by atoms with van der Waals surface area (Å²) in [6, 6.07) is 10.6. The van der Waals surface area contributed by atoms with Gasteiger partial charge in [-0.05, 0) is 36.8 Å². The van der Waals surface area contributed by atoms with Crippen LogP contribution in [0.4, 0.5) is 11.8 Å². The van der Waals surface area contributed by atoms with Crippen LogP contribution < -0.4 is 10.6 Å². The summed E-state index contributed by atoms with van der Waals surface area (Å²) in [7, 11) is 0. The Morgan fingerprint density at radius 1 is 0.939 bits per heavy atom. The number of aryl methyl sites for hydroxylation is 1. The van der Waals surface area contributed by atoms with Crippen molar-refractivity contribution < 1.29 is 4.74 Å². The molecule has 0 amide bonds. The number of rotatable bonds is 15. The maximum atomic E-state index is 6.15. The van der Waals surface area contributed by atoms with E-state index in [1.807, 2.05) is 6.92 Å². The molecule has 1 saturated carbocycles. The molecule has 6 heteroatoms. The molecule has 1 aromatic heterocycles. The van der Waals surface area contributed by atoms with Crippen LogP contribution in [0.3, 0.4) is 0 Å². The van der Waals surface area contributed by atoms with Gasteiger partial charge in [-0.3, -0.25) is 0 Å². The highest BCUT2D eigenvalue weighted by molar-refractivity contribution is 6.29. The van der Waals surface area contributed by atoms with Crippen molar-refractivity contribution in [2.45, 2.75) is 84.1 Å². The molecule has 1 fully saturated rings. The molecule has 1 aliphatic carbocycles. The number of hydrogen-bond donors (Lipinski definition) is 2. The molecule has 0 unspecified atom stereocenters. The van der Waals surface area contributed by atoms with Crippen molar-refractivity contribution in [2.75, 3.05) is 30.4 Å². The van der Waals surface area contributed by atoms with Gasteiger partial charge in [0.1, 0.15) is 11.0 Å². The van der Waals surface area contributed by atoms with E-state index in [1.165, 1.54) is 81.8 Å². The number of benzene rings is 1. The fraction of sp³-hybridized carbons (Fsp3) is 0.630. The lowest BCUT2D eigenvalue weighted by Crippen LogP contribution is -2.12. The molecule has 0 spiro atoms. The Hall–Kier alpha value is -1.85. The summed E-state index contributed by atoms with van der Waals surface area (Å²) in [5, 5.41) is 6.91. The minimum Gasteiger partial charge on any atom is -0.380 e. The van der Waals surface area contributed by atoms with Gasteiger partial charge in [0.15, 0.2) is 0 Å². The molecule has 182 valence electrons. The fourth-order valence-electron chi connectivity index (χ4n) is 4.58. The number of nitrogens with one attached hydrogen (secondary N) is 2. The standard InChI is InChI=1S/C27H41ClN4O/c1-2-33-19-18-29-26-20-25(28)31-27(32-26)30-21-24-16-14-23(15-17-24)13-7-4-3-6-10-22-11-8-5-9-12-22/h14-17,20,22H,2-13,18-19,21H2,1H3,(H2,29,30,31,32). The molecule has 1 heterocycles. The predicted octanol–water partition coefficient (Wildman–Crippen LogP) is 7.26. The van der Waals surface area contributed by atoms with E-state index >= 15 is 0 Å². The van der Waals surface area contributed by atoms with Crippen LogP contribution in [0.2, 0.25) is 5.15 Å². The Labute approximate surface area is 205 Å². The van der Waals surface area contributed by atoms with Crippen molar-refractivity contribution in [2.24, 2.45) is 5.92 Å². The summed E-state index contributed by atoms with van der Waals surface area (Å²) < 4.78 is 5.34. The zero-order chi connectivity index (χ0) is 23.1. The Morgan fingerprint density at radius 3 is 2.48 bits per heavy atom. The molecule has 2 aromatic rings. The zero-order valence-electron chi connectivity index (χ0n) is 20.3. The van der Waals surface area contributed by atoms with E-state index in [2.05, 4.69) is 44.9 Å². The van der Waals surface area contributed by atoms with E-state index in [0.29, 0.717) is 43.2 Å². The van der Waals surface area contributed by atoms with Gasteiger partial charge in [0.2, 0.25) is 5.95 Å². The van der Waals surface area contributed by atoms with Crippen molar-refractivity contribution in [3.8, 4) is 0 Å². The Morgan fingerprint density at radius 2 is 1.70 bits per heavy atom. The van der Waals surface area contributed by atoms with Crippen LogP contribution in [0.15, 0.2) is 30.3 Å². The average Bonchev–Trinajstić information content (AvgIpc) is 2.84. The van der Waals surface area contributed by atoms with E-state index in [0.717, 1.165) is 5.92 Å². The highest BCUT2D eigenvalue weighted by Gasteiger charge is 2.12. The molecule has 2 N–H and O–H groups in total. The van der Waals surface area contributed by atoms with Crippen LogP contribution in [-0.2, 0) is 17.7 Å². The first-order valence-electron chi connectivity index (χ1n) is 12.9. The summed E-state index contributed by atoms with van der Waals surface area (Å²) in [5.41, 5.74) is 2.63. The number of ether oxygens (including phenoxy) is 1. The Balaban J connectivity index is 1.32. The normalized spacial score (nSPS) is 14.4. The number of nitrogens with zero attached hydrogens (tertiary/aromatic N) is 2. The summed E-state index contributed by atoms with van der Waals surface area (Å²) in [5.74, 6) is 2.26. The average molecular weight is 473 g/mol. The fourth-order valence-corrected chi connectivity index (χ4v) is 4.76. The molecule has 3 rings (SSSR count). The van der Waals surface area contributed by atoms with E-state index in [-0.39, 0.29) is 0 Å². The molecule has 0 aliphatic heterocycles. The Bertz CT molecular complexity index is 793. The highest BCUT2D eigenvalue weighted by atomic mass is 35.5. The molecule has 5 nitrogen and oxygen atoms in total. The zero-order valence-corrected chi connectivity index (χ0v) is 21.0. The van der Waals surface area contributed by atoms with Crippen LogP contribution >= 0.6 is 11.6 Å². The molecule has 0 radical (unpaired) electrons. The van der Waals surface area contributed by atoms with Crippen molar-refractivity contribution in [1.82, 2.24) is 9.97 Å². The second-order valence-electron chi connectivity index (χ2n) is 9.15. The largest absolute Gasteiger partial charge is 0.380 e. The first kappa shape index (κ1) is 25.8. The number of aromatic nitrogens is 2. The van der Waals surface area contributed by atoms with E-state index in [9.17, 15) is 0 Å². The molecule has 0 saturated heterocycles. The monoisotopic (exact) mass is 472 g/mol. The molecule has 0 atom stereocenters. The van der Waals surface area contributed by atoms with Gasteiger partial charge < -0.3 is 15.4 Å². The third kappa shape index (κ3) is 10.3. The minimum absolute atomic E-state index is 0.417. The first-order chi connectivity index (χ1) is 16.2. The maximum absolute atomic E-state index is 6.15. The van der Waals surface area contributed by atoms with Gasteiger partial charge in [-0.25, -0.2) is 4.98 Å². The smallest absolute Gasteiger partial charge is 0.226 e. The third-order valence-corrected chi connectivity index (χ3v) is 6.67. The van der Waals surface area contributed by atoms with E-state index in [1.54, 1.807) is 6.07 Å². The van der Waals surface area contributed by atoms with Crippen LogP contribution in [0, 0.1) is 5.92 Å². The molecule has 33 heavy (non-hydrogen) atoms. The summed E-state index contributed by atoms with van der Waals surface area (Å²) in [6.07, 6.45) is 15.5. The number of unbranched alkanes of at least 4 members (excludes halogenated alkanes) is 3. The van der Waals surface area contributed by atoms with Crippen molar-refractivity contribution >= 4 is 23.4 Å². The summed E-state index contributed by atoms with van der Waals surface area (Å²) in [6.45, 7) is 4.67. The second kappa shape index (κ2) is 15.1. The van der Waals surface area contributed by atoms with E-state index in [4.69, 9.17) is 16.3 Å². The van der Waals surface area contributed by atoms with Gasteiger partial charge in [0.25, 0.3) is 0 Å². The van der Waals surface area contributed by atoms with Gasteiger partial charge in [0, 0.05) is 25.8 Å². The van der Waals surface area contributed by atoms with Crippen molar-refractivity contribution in [1.29, 1.82) is 0 Å². The highest BCUT2D eigenvalue weighted by Crippen LogP contribution is 2.28. The van der Waals surface area contributed by atoms with Gasteiger partial charge in [-0.1, -0.05) is 93.7 Å². The van der Waals surface area contributed by atoms with Crippen molar-refractivity contribution in [3.05, 3.63) is 46.6 Å². The lowest BCUT2D eigenvalue weighted by molar-refractivity contribution is 0.158. The molecule has 0 bridgehead atoms.